The van der Waals surface area contributed by atoms with Crippen molar-refractivity contribution in [2.24, 2.45) is 0 Å². The molecule has 4 heteroatoms. The minimum atomic E-state index is 1.15. The van der Waals surface area contributed by atoms with Crippen LogP contribution in [-0.4, -0.2) is 4.57 Å². The van der Waals surface area contributed by atoms with Gasteiger partial charge in [0.15, 0.2) is 0 Å². The minimum Gasteiger partial charge on any atom is -0.309 e. The van der Waals surface area contributed by atoms with Crippen LogP contribution in [-0.2, 0) is 0 Å². The van der Waals surface area contributed by atoms with Crippen LogP contribution in [0.2, 0.25) is 0 Å². The Morgan fingerprint density at radius 1 is 0.500 bits per heavy atom. The molecular formula is C30H16BrNS2. The minimum absolute atomic E-state index is 1.15. The number of benzene rings is 5. The van der Waals surface area contributed by atoms with Crippen LogP contribution in [0.25, 0.3) is 67.8 Å². The second-order valence-corrected chi connectivity index (χ2v) is 11.7. The van der Waals surface area contributed by atoms with E-state index in [0.29, 0.717) is 0 Å². The lowest BCUT2D eigenvalue weighted by atomic mass is 10.1. The topological polar surface area (TPSA) is 4.93 Å². The molecule has 8 rings (SSSR count). The van der Waals surface area contributed by atoms with Crippen molar-refractivity contribution in [3.05, 3.63) is 102 Å². The van der Waals surface area contributed by atoms with Crippen LogP contribution in [0, 0.1) is 0 Å². The summed E-state index contributed by atoms with van der Waals surface area (Å²) in [5.41, 5.74) is 3.71. The van der Waals surface area contributed by atoms with Crippen LogP contribution in [0.1, 0.15) is 0 Å². The highest BCUT2D eigenvalue weighted by Crippen LogP contribution is 2.44. The number of fused-ring (bicyclic) bond motifs is 10. The molecule has 0 unspecified atom stereocenters. The number of aromatic nitrogens is 1. The first-order valence-electron chi connectivity index (χ1n) is 11.2. The first-order chi connectivity index (χ1) is 16.8. The van der Waals surface area contributed by atoms with Crippen molar-refractivity contribution in [1.82, 2.24) is 4.57 Å². The van der Waals surface area contributed by atoms with Crippen molar-refractivity contribution in [3.8, 4) is 5.69 Å². The zero-order valence-electron chi connectivity index (χ0n) is 17.9. The Balaban J connectivity index is 1.55. The highest BCUT2D eigenvalue weighted by atomic mass is 79.9. The summed E-state index contributed by atoms with van der Waals surface area (Å²) in [5, 5.41) is 7.98. The maximum absolute atomic E-state index is 3.80. The number of thiophene rings is 2. The average Bonchev–Trinajstić information content (AvgIpc) is 3.53. The van der Waals surface area contributed by atoms with Crippen LogP contribution in [0.4, 0.5) is 0 Å². The zero-order chi connectivity index (χ0) is 22.4. The largest absolute Gasteiger partial charge is 0.309 e. The normalized spacial score (nSPS) is 12.3. The van der Waals surface area contributed by atoms with E-state index < -0.39 is 0 Å². The van der Waals surface area contributed by atoms with Gasteiger partial charge in [-0.15, -0.1) is 22.7 Å². The molecule has 0 bridgehead atoms. The Morgan fingerprint density at radius 3 is 2.12 bits per heavy atom. The van der Waals surface area contributed by atoms with Crippen LogP contribution >= 0.6 is 38.6 Å². The molecule has 0 atom stereocenters. The third-order valence-corrected chi connectivity index (χ3v) is 9.80. The molecule has 3 aromatic heterocycles. The summed E-state index contributed by atoms with van der Waals surface area (Å²) in [6.45, 7) is 0. The van der Waals surface area contributed by atoms with Crippen LogP contribution in [0.5, 0.6) is 0 Å². The van der Waals surface area contributed by atoms with Crippen LogP contribution < -0.4 is 0 Å². The molecule has 0 aliphatic heterocycles. The Kier molecular flexibility index (Phi) is 3.90. The van der Waals surface area contributed by atoms with Crippen molar-refractivity contribution in [1.29, 1.82) is 0 Å². The lowest BCUT2D eigenvalue weighted by Gasteiger charge is -2.08. The molecule has 34 heavy (non-hydrogen) atoms. The number of nitrogens with zero attached hydrogens (tertiary/aromatic N) is 1. The van der Waals surface area contributed by atoms with Crippen molar-refractivity contribution in [3.63, 3.8) is 0 Å². The predicted molar refractivity (Wildman–Crippen MR) is 154 cm³/mol. The van der Waals surface area contributed by atoms with E-state index in [1.54, 1.807) is 0 Å². The summed E-state index contributed by atoms with van der Waals surface area (Å²) in [6, 6.07) is 35.6. The van der Waals surface area contributed by atoms with Crippen molar-refractivity contribution in [2.75, 3.05) is 0 Å². The van der Waals surface area contributed by atoms with Gasteiger partial charge in [-0.05, 0) is 54.6 Å². The van der Waals surface area contributed by atoms with Gasteiger partial charge in [-0.2, -0.15) is 0 Å². The molecular weight excluding hydrogens is 518 g/mol. The van der Waals surface area contributed by atoms with E-state index in [9.17, 15) is 0 Å². The molecule has 0 fully saturated rings. The highest BCUT2D eigenvalue weighted by Gasteiger charge is 2.18. The molecule has 0 amide bonds. The molecule has 160 valence electrons. The van der Waals surface area contributed by atoms with E-state index >= 15 is 0 Å². The molecule has 0 saturated carbocycles. The summed E-state index contributed by atoms with van der Waals surface area (Å²) in [6.07, 6.45) is 0. The summed E-state index contributed by atoms with van der Waals surface area (Å²) >= 11 is 7.54. The number of para-hydroxylation sites is 1. The summed E-state index contributed by atoms with van der Waals surface area (Å²) in [5.74, 6) is 0. The SMILES string of the molecule is Brc1cccc2sc3ccc(-n4c5ccccc5c5c6c(ccc54)sc4ccccc46)cc3c12. The van der Waals surface area contributed by atoms with E-state index in [-0.39, 0.29) is 0 Å². The van der Waals surface area contributed by atoms with Gasteiger partial charge in [0.1, 0.15) is 0 Å². The second kappa shape index (κ2) is 6.92. The van der Waals surface area contributed by atoms with Gasteiger partial charge in [0, 0.05) is 61.3 Å². The maximum atomic E-state index is 3.80. The number of hydrogen-bond donors (Lipinski definition) is 0. The van der Waals surface area contributed by atoms with Crippen LogP contribution in [0.15, 0.2) is 102 Å². The van der Waals surface area contributed by atoms with E-state index in [4.69, 9.17) is 0 Å². The number of hydrogen-bond acceptors (Lipinski definition) is 2. The molecule has 0 aliphatic carbocycles. The average molecular weight is 535 g/mol. The molecule has 1 nitrogen and oxygen atoms in total. The van der Waals surface area contributed by atoms with Crippen molar-refractivity contribution >= 4 is 101 Å². The smallest absolute Gasteiger partial charge is 0.0548 e. The molecule has 8 aromatic rings. The van der Waals surface area contributed by atoms with Gasteiger partial charge < -0.3 is 4.57 Å². The molecule has 0 saturated heterocycles. The molecule has 3 heterocycles. The standard InChI is InChI=1S/C30H16BrNS2/c31-21-8-5-11-26-28(21)20-16-17(12-14-25(20)34-26)32-22-9-3-1-6-18(22)29-23(32)13-15-27-30(29)19-7-2-4-10-24(19)33-27/h1-16H. The Morgan fingerprint density at radius 2 is 1.21 bits per heavy atom. The Labute approximate surface area is 211 Å². The first kappa shape index (κ1) is 19.2. The molecule has 0 radical (unpaired) electrons. The van der Waals surface area contributed by atoms with E-state index in [1.165, 1.54) is 67.8 Å². The zero-order valence-corrected chi connectivity index (χ0v) is 21.1. The molecule has 0 N–H and O–H groups in total. The monoisotopic (exact) mass is 533 g/mol. The van der Waals surface area contributed by atoms with Gasteiger partial charge in [0.25, 0.3) is 0 Å². The van der Waals surface area contributed by atoms with Crippen molar-refractivity contribution < 1.29 is 0 Å². The third kappa shape index (κ3) is 2.48. The van der Waals surface area contributed by atoms with E-state index in [1.807, 2.05) is 22.7 Å². The molecule has 0 aliphatic rings. The van der Waals surface area contributed by atoms with Gasteiger partial charge in [0.05, 0.1) is 11.0 Å². The second-order valence-electron chi connectivity index (χ2n) is 8.68. The summed E-state index contributed by atoms with van der Waals surface area (Å²) < 4.78 is 8.92. The predicted octanol–water partition coefficient (Wildman–Crippen LogP) is 10.3. The first-order valence-corrected chi connectivity index (χ1v) is 13.6. The summed E-state index contributed by atoms with van der Waals surface area (Å²) in [7, 11) is 0. The fourth-order valence-electron chi connectivity index (χ4n) is 5.46. The quantitative estimate of drug-likeness (QED) is 0.197. The van der Waals surface area contributed by atoms with Gasteiger partial charge in [0.2, 0.25) is 0 Å². The number of halogens is 1. The third-order valence-electron chi connectivity index (χ3n) is 6.86. The fraction of sp³-hybridized carbons (Fsp3) is 0. The van der Waals surface area contributed by atoms with Crippen molar-refractivity contribution in [2.45, 2.75) is 0 Å². The summed E-state index contributed by atoms with van der Waals surface area (Å²) in [4.78, 5) is 0. The van der Waals surface area contributed by atoms with E-state index in [2.05, 4.69) is 118 Å². The van der Waals surface area contributed by atoms with E-state index in [0.717, 1.165) is 4.47 Å². The maximum Gasteiger partial charge on any atom is 0.0548 e. The van der Waals surface area contributed by atoms with Gasteiger partial charge in [-0.3, -0.25) is 0 Å². The lowest BCUT2D eigenvalue weighted by molar-refractivity contribution is 1.19. The van der Waals surface area contributed by atoms with Gasteiger partial charge in [-0.25, -0.2) is 0 Å². The van der Waals surface area contributed by atoms with Crippen LogP contribution in [0.3, 0.4) is 0 Å². The van der Waals surface area contributed by atoms with Gasteiger partial charge in [-0.1, -0.05) is 58.4 Å². The molecule has 0 spiro atoms. The lowest BCUT2D eigenvalue weighted by Crippen LogP contribution is -1.93. The van der Waals surface area contributed by atoms with Gasteiger partial charge >= 0.3 is 0 Å². The number of rotatable bonds is 1. The Hall–Kier alpha value is -3.18. The molecule has 5 aromatic carbocycles. The fourth-order valence-corrected chi connectivity index (χ4v) is 8.40. The highest BCUT2D eigenvalue weighted by molar-refractivity contribution is 9.10. The Bertz CT molecular complexity index is 2090.